The van der Waals surface area contributed by atoms with Gasteiger partial charge in [-0.05, 0) is 38.3 Å². The second-order valence-corrected chi connectivity index (χ2v) is 6.39. The molecule has 0 N–H and O–H groups in total. The lowest BCUT2D eigenvalue weighted by Crippen LogP contribution is -1.96. The Morgan fingerprint density at radius 1 is 1.45 bits per heavy atom. The maximum atomic E-state index is 3.92. The van der Waals surface area contributed by atoms with Gasteiger partial charge in [-0.25, -0.2) is 0 Å². The average Bonchev–Trinajstić information content (AvgIpc) is 1.82. The molecule has 0 radical (unpaired) electrons. The van der Waals surface area contributed by atoms with E-state index >= 15 is 0 Å². The van der Waals surface area contributed by atoms with Gasteiger partial charge in [-0.1, -0.05) is 19.4 Å². The molecule has 66 valence electrons. The summed E-state index contributed by atoms with van der Waals surface area (Å²) in [5.74, 6) is 0.872. The number of allylic oxidation sites excluding steroid dienone is 1. The third-order valence-corrected chi connectivity index (χ3v) is 3.94. The molecule has 0 aromatic carbocycles. The Kier molecular flexibility index (Phi) is 5.86. The quantitative estimate of drug-likeness (QED) is 0.438. The first-order valence-corrected chi connectivity index (χ1v) is 6.51. The van der Waals surface area contributed by atoms with Crippen LogP contribution in [0.2, 0.25) is 0 Å². The minimum atomic E-state index is 0.287. The van der Waals surface area contributed by atoms with Crippen LogP contribution in [0.1, 0.15) is 27.2 Å². The van der Waals surface area contributed by atoms with Gasteiger partial charge in [-0.3, -0.25) is 0 Å². The summed E-state index contributed by atoms with van der Waals surface area (Å²) in [4.78, 5) is 0. The minimum Gasteiger partial charge on any atom is -0.109 e. The van der Waals surface area contributed by atoms with Gasteiger partial charge in [-0.2, -0.15) is 0 Å². The normalized spacial score (nSPS) is 13.5. The van der Waals surface area contributed by atoms with E-state index in [0.29, 0.717) is 0 Å². The lowest BCUT2D eigenvalue weighted by atomic mass is 10.3. The molecule has 0 bridgehead atoms. The average molecular weight is 172 g/mol. The molecule has 0 saturated carbocycles. The lowest BCUT2D eigenvalue weighted by molar-refractivity contribution is 0.744. The van der Waals surface area contributed by atoms with Crippen LogP contribution in [0.25, 0.3) is 0 Å². The molecule has 0 fully saturated rings. The number of hydrogen-bond donors (Lipinski definition) is 0. The fraction of sp³-hybridized carbons (Fsp3) is 0.800. The van der Waals surface area contributed by atoms with Crippen molar-refractivity contribution in [2.24, 2.45) is 5.92 Å². The van der Waals surface area contributed by atoms with Crippen molar-refractivity contribution in [3.05, 3.63) is 12.2 Å². The molecule has 11 heavy (non-hydrogen) atoms. The predicted octanol–water partition coefficient (Wildman–Crippen LogP) is 3.72. The summed E-state index contributed by atoms with van der Waals surface area (Å²) >= 11 is 0. The van der Waals surface area contributed by atoms with Gasteiger partial charge < -0.3 is 0 Å². The second-order valence-electron chi connectivity index (χ2n) is 3.86. The van der Waals surface area contributed by atoms with Crippen molar-refractivity contribution in [1.82, 2.24) is 0 Å². The molecule has 0 nitrogen and oxygen atoms in total. The Labute approximate surface area is 72.8 Å². The van der Waals surface area contributed by atoms with Gasteiger partial charge >= 0.3 is 0 Å². The molecule has 1 atom stereocenters. The Morgan fingerprint density at radius 3 is 2.36 bits per heavy atom. The van der Waals surface area contributed by atoms with Crippen LogP contribution in [-0.2, 0) is 0 Å². The lowest BCUT2D eigenvalue weighted by Gasteiger charge is -2.14. The van der Waals surface area contributed by atoms with Crippen molar-refractivity contribution < 1.29 is 0 Å². The summed E-state index contributed by atoms with van der Waals surface area (Å²) in [6.07, 6.45) is 4.03. The fourth-order valence-corrected chi connectivity index (χ4v) is 3.29. The van der Waals surface area contributed by atoms with Gasteiger partial charge in [0.25, 0.3) is 0 Å². The van der Waals surface area contributed by atoms with Crippen molar-refractivity contribution >= 4 is 7.92 Å². The summed E-state index contributed by atoms with van der Waals surface area (Å²) in [5, 5.41) is 0. The van der Waals surface area contributed by atoms with Gasteiger partial charge in [0.2, 0.25) is 0 Å². The van der Waals surface area contributed by atoms with E-state index in [1.807, 2.05) is 0 Å². The topological polar surface area (TPSA) is 0 Å². The summed E-state index contributed by atoms with van der Waals surface area (Å²) in [7, 11) is 0.287. The molecule has 0 amide bonds. The Balaban J connectivity index is 3.37. The van der Waals surface area contributed by atoms with Gasteiger partial charge in [0, 0.05) is 0 Å². The number of rotatable bonds is 5. The molecule has 0 aromatic heterocycles. The zero-order valence-corrected chi connectivity index (χ0v) is 9.25. The van der Waals surface area contributed by atoms with E-state index in [-0.39, 0.29) is 7.92 Å². The summed E-state index contributed by atoms with van der Waals surface area (Å²) < 4.78 is 0. The van der Waals surface area contributed by atoms with Crippen LogP contribution >= 0.6 is 7.92 Å². The van der Waals surface area contributed by atoms with E-state index in [1.54, 1.807) is 0 Å². The summed E-state index contributed by atoms with van der Waals surface area (Å²) in [5.41, 5.74) is 1.34. The van der Waals surface area contributed by atoms with Crippen molar-refractivity contribution in [3.8, 4) is 0 Å². The van der Waals surface area contributed by atoms with Crippen molar-refractivity contribution in [1.29, 1.82) is 0 Å². The summed E-state index contributed by atoms with van der Waals surface area (Å²) in [6.45, 7) is 13.1. The maximum absolute atomic E-state index is 3.92. The third kappa shape index (κ3) is 8.07. The van der Waals surface area contributed by atoms with Gasteiger partial charge in [0.15, 0.2) is 0 Å². The van der Waals surface area contributed by atoms with Crippen molar-refractivity contribution in [2.75, 3.05) is 19.0 Å². The highest BCUT2D eigenvalue weighted by molar-refractivity contribution is 7.56. The van der Waals surface area contributed by atoms with E-state index < -0.39 is 0 Å². The first-order valence-electron chi connectivity index (χ1n) is 4.35. The van der Waals surface area contributed by atoms with Crippen molar-refractivity contribution in [3.63, 3.8) is 0 Å². The number of hydrogen-bond acceptors (Lipinski definition) is 0. The van der Waals surface area contributed by atoms with Crippen LogP contribution in [0, 0.1) is 5.92 Å². The molecule has 0 heterocycles. The monoisotopic (exact) mass is 172 g/mol. The van der Waals surface area contributed by atoms with E-state index in [2.05, 4.69) is 34.0 Å². The zero-order chi connectivity index (χ0) is 8.85. The van der Waals surface area contributed by atoms with Crippen LogP contribution in [0.4, 0.5) is 0 Å². The SMILES string of the molecule is C=C(C)CCP(C)CC(C)C. The van der Waals surface area contributed by atoms with E-state index in [0.717, 1.165) is 5.92 Å². The third-order valence-electron chi connectivity index (χ3n) is 1.60. The second kappa shape index (κ2) is 5.77. The Bertz CT molecular complexity index is 116. The molecule has 0 saturated heterocycles. The zero-order valence-electron chi connectivity index (χ0n) is 8.35. The molecule has 1 unspecified atom stereocenters. The van der Waals surface area contributed by atoms with Gasteiger partial charge in [0.1, 0.15) is 0 Å². The molecule has 0 aliphatic rings. The van der Waals surface area contributed by atoms with Gasteiger partial charge in [-0.15, -0.1) is 14.5 Å². The van der Waals surface area contributed by atoms with Crippen molar-refractivity contribution in [2.45, 2.75) is 27.2 Å². The first kappa shape index (κ1) is 11.2. The van der Waals surface area contributed by atoms with Crippen LogP contribution in [0.5, 0.6) is 0 Å². The molecule has 0 aliphatic carbocycles. The smallest absolute Gasteiger partial charge is 0.0286 e. The van der Waals surface area contributed by atoms with Crippen LogP contribution in [0.3, 0.4) is 0 Å². The predicted molar refractivity (Wildman–Crippen MR) is 56.8 cm³/mol. The Morgan fingerprint density at radius 2 is 2.00 bits per heavy atom. The fourth-order valence-electron chi connectivity index (χ4n) is 1.10. The maximum Gasteiger partial charge on any atom is -0.0286 e. The molecule has 0 rings (SSSR count). The molecular weight excluding hydrogens is 151 g/mol. The Hall–Kier alpha value is 0.170. The molecular formula is C10H21P. The standard InChI is InChI=1S/C10H21P/c1-9(2)6-7-11(5)8-10(3)4/h10H,1,6-8H2,2-5H3. The minimum absolute atomic E-state index is 0.287. The van der Waals surface area contributed by atoms with Crippen LogP contribution in [0.15, 0.2) is 12.2 Å². The molecule has 0 spiro atoms. The highest BCUT2D eigenvalue weighted by atomic mass is 31.1. The van der Waals surface area contributed by atoms with E-state index in [4.69, 9.17) is 0 Å². The molecule has 0 aromatic rings. The van der Waals surface area contributed by atoms with E-state index in [9.17, 15) is 0 Å². The van der Waals surface area contributed by atoms with Crippen LogP contribution in [-0.4, -0.2) is 19.0 Å². The highest BCUT2D eigenvalue weighted by Gasteiger charge is 2.03. The largest absolute Gasteiger partial charge is 0.109 e. The summed E-state index contributed by atoms with van der Waals surface area (Å²) in [6, 6.07) is 0. The van der Waals surface area contributed by atoms with Gasteiger partial charge in [0.05, 0.1) is 0 Å². The van der Waals surface area contributed by atoms with Crippen LogP contribution < -0.4 is 0 Å². The molecule has 1 heteroatoms. The first-order chi connectivity index (χ1) is 5.02. The van der Waals surface area contributed by atoms with E-state index in [1.165, 1.54) is 24.3 Å². The highest BCUT2D eigenvalue weighted by Crippen LogP contribution is 2.34. The molecule has 0 aliphatic heterocycles.